The first-order valence-corrected chi connectivity index (χ1v) is 8.42. The predicted molar refractivity (Wildman–Crippen MR) is 96.9 cm³/mol. The van der Waals surface area contributed by atoms with E-state index >= 15 is 0 Å². The van der Waals surface area contributed by atoms with Crippen molar-refractivity contribution in [1.82, 2.24) is 0 Å². The van der Waals surface area contributed by atoms with Crippen molar-refractivity contribution < 1.29 is 23.8 Å². The lowest BCUT2D eigenvalue weighted by molar-refractivity contribution is 0.0701. The highest BCUT2D eigenvalue weighted by Crippen LogP contribution is 2.38. The zero-order valence-corrected chi connectivity index (χ0v) is 14.5. The van der Waals surface area contributed by atoms with Gasteiger partial charge in [-0.1, -0.05) is 35.1 Å². The Morgan fingerprint density at radius 1 is 1.12 bits per heavy atom. The molecule has 2 N–H and O–H groups in total. The monoisotopic (exact) mass is 371 g/mol. The van der Waals surface area contributed by atoms with E-state index < -0.39 is 17.7 Å². The zero-order valence-electron chi connectivity index (χ0n) is 13.7. The van der Waals surface area contributed by atoms with Gasteiger partial charge in [-0.05, 0) is 37.3 Å². The molecule has 0 unspecified atom stereocenters. The first-order chi connectivity index (χ1) is 12.4. The van der Waals surface area contributed by atoms with Crippen molar-refractivity contribution in [3.63, 3.8) is 0 Å². The van der Waals surface area contributed by atoms with Gasteiger partial charge in [-0.25, -0.2) is 9.18 Å². The summed E-state index contributed by atoms with van der Waals surface area (Å²) in [6.07, 6.45) is 0. The molecule has 0 radical (unpaired) electrons. The fraction of sp³-hybridized carbons (Fsp3) is 0.0526. The molecule has 1 amide bonds. The number of carboxylic acids is 1. The van der Waals surface area contributed by atoms with Crippen LogP contribution in [0.1, 0.15) is 25.6 Å². The molecule has 0 saturated carbocycles. The van der Waals surface area contributed by atoms with Crippen LogP contribution in [0, 0.1) is 12.7 Å². The number of aromatic carboxylic acids is 1. The summed E-state index contributed by atoms with van der Waals surface area (Å²) in [6, 6.07) is 13.7. The zero-order chi connectivity index (χ0) is 18.7. The Morgan fingerprint density at radius 3 is 2.50 bits per heavy atom. The Morgan fingerprint density at radius 2 is 1.85 bits per heavy atom. The third-order valence-electron chi connectivity index (χ3n) is 3.48. The quantitative estimate of drug-likeness (QED) is 0.666. The van der Waals surface area contributed by atoms with Crippen LogP contribution in [0.5, 0.6) is 10.8 Å². The lowest BCUT2D eigenvalue weighted by Crippen LogP contribution is -2.11. The van der Waals surface area contributed by atoms with Crippen molar-refractivity contribution in [3.8, 4) is 10.8 Å². The topological polar surface area (TPSA) is 75.6 Å². The number of nitrogens with one attached hydrogen (secondary N) is 1. The lowest BCUT2D eigenvalue weighted by Gasteiger charge is -2.08. The number of carbonyl (C=O) groups excluding carboxylic acids is 1. The minimum absolute atomic E-state index is 0.00407. The van der Waals surface area contributed by atoms with Crippen molar-refractivity contribution in [3.05, 3.63) is 76.4 Å². The van der Waals surface area contributed by atoms with Gasteiger partial charge in [0.2, 0.25) is 5.06 Å². The first kappa shape index (κ1) is 17.6. The van der Waals surface area contributed by atoms with Gasteiger partial charge < -0.3 is 15.2 Å². The van der Waals surface area contributed by atoms with Crippen LogP contribution in [0.2, 0.25) is 0 Å². The summed E-state index contributed by atoms with van der Waals surface area (Å²) in [7, 11) is 0. The second kappa shape index (κ2) is 7.37. The second-order valence-electron chi connectivity index (χ2n) is 5.50. The van der Waals surface area contributed by atoms with E-state index in [0.29, 0.717) is 5.56 Å². The largest absolute Gasteiger partial charge is 0.477 e. The molecule has 1 aromatic heterocycles. The first-order valence-electron chi connectivity index (χ1n) is 7.61. The predicted octanol–water partition coefficient (Wildman–Crippen LogP) is 4.94. The van der Waals surface area contributed by atoms with Crippen LogP contribution in [-0.4, -0.2) is 17.0 Å². The highest BCUT2D eigenvalue weighted by molar-refractivity contribution is 7.16. The number of amides is 1. The van der Waals surface area contributed by atoms with Crippen molar-refractivity contribution >= 4 is 28.9 Å². The van der Waals surface area contributed by atoms with Crippen LogP contribution in [-0.2, 0) is 0 Å². The highest BCUT2D eigenvalue weighted by atomic mass is 32.1. The number of aryl methyl sites for hydroxylation is 1. The maximum absolute atomic E-state index is 13.3. The average molecular weight is 371 g/mol. The smallest absolute Gasteiger partial charge is 0.346 e. The summed E-state index contributed by atoms with van der Waals surface area (Å²) in [4.78, 5) is 23.6. The normalized spacial score (nSPS) is 10.4. The number of halogens is 1. The van der Waals surface area contributed by atoms with Crippen molar-refractivity contribution in [2.45, 2.75) is 6.92 Å². The fourth-order valence-electron chi connectivity index (χ4n) is 2.18. The minimum Gasteiger partial charge on any atom is -0.477 e. The number of anilines is 1. The van der Waals surface area contributed by atoms with Crippen LogP contribution in [0.4, 0.5) is 10.1 Å². The highest BCUT2D eigenvalue weighted by Gasteiger charge is 2.18. The number of hydrogen-bond donors (Lipinski definition) is 2. The third kappa shape index (κ3) is 4.07. The van der Waals surface area contributed by atoms with Gasteiger partial charge in [-0.3, -0.25) is 4.79 Å². The van der Waals surface area contributed by atoms with E-state index in [1.807, 2.05) is 6.92 Å². The third-order valence-corrected chi connectivity index (χ3v) is 4.48. The van der Waals surface area contributed by atoms with Crippen molar-refractivity contribution in [2.75, 3.05) is 5.32 Å². The Hall–Kier alpha value is -3.19. The molecule has 26 heavy (non-hydrogen) atoms. The van der Waals surface area contributed by atoms with Crippen LogP contribution in [0.25, 0.3) is 0 Å². The molecule has 2 aromatic carbocycles. The van der Waals surface area contributed by atoms with Crippen LogP contribution >= 0.6 is 11.3 Å². The molecule has 0 saturated heterocycles. The number of carbonyl (C=O) groups is 2. The summed E-state index contributed by atoms with van der Waals surface area (Å²) < 4.78 is 18.9. The summed E-state index contributed by atoms with van der Waals surface area (Å²) >= 11 is 0.849. The molecule has 0 bridgehead atoms. The van der Waals surface area contributed by atoms with E-state index in [1.165, 1.54) is 30.3 Å². The van der Waals surface area contributed by atoms with E-state index in [0.717, 1.165) is 16.9 Å². The van der Waals surface area contributed by atoms with Crippen molar-refractivity contribution in [2.24, 2.45) is 0 Å². The average Bonchev–Trinajstić information content (AvgIpc) is 2.98. The summed E-state index contributed by atoms with van der Waals surface area (Å²) in [5, 5.41) is 12.0. The number of hydrogen-bond acceptors (Lipinski definition) is 4. The van der Waals surface area contributed by atoms with Gasteiger partial charge in [0.1, 0.15) is 16.4 Å². The molecule has 7 heteroatoms. The molecular formula is C19H14FNO4S. The van der Waals surface area contributed by atoms with Gasteiger partial charge in [0, 0.05) is 11.6 Å². The molecule has 0 aliphatic rings. The number of carboxylic acid groups (broad SMARTS) is 1. The molecule has 1 heterocycles. The standard InChI is InChI=1S/C19H14FNO4S/c1-11-5-7-12(8-6-11)17(22)21-15-10-16(18(23)24)26-19(15)25-14-4-2-3-13(20)9-14/h2-10H,1H3,(H,21,22)(H,23,24). The van der Waals surface area contributed by atoms with Gasteiger partial charge in [0.25, 0.3) is 5.91 Å². The molecule has 0 spiro atoms. The molecule has 132 valence electrons. The molecule has 3 aromatic rings. The van der Waals surface area contributed by atoms with Gasteiger partial charge in [-0.15, -0.1) is 0 Å². The number of rotatable bonds is 5. The Labute approximate surface area is 152 Å². The van der Waals surface area contributed by atoms with Gasteiger partial charge >= 0.3 is 5.97 Å². The Kier molecular flexibility index (Phi) is 4.99. The fourth-order valence-corrected chi connectivity index (χ4v) is 3.00. The Bertz CT molecular complexity index is 966. The molecule has 0 atom stereocenters. The lowest BCUT2D eigenvalue weighted by atomic mass is 10.1. The summed E-state index contributed by atoms with van der Waals surface area (Å²) in [5.74, 6) is -1.82. The number of benzene rings is 2. The van der Waals surface area contributed by atoms with Crippen molar-refractivity contribution in [1.29, 1.82) is 0 Å². The van der Waals surface area contributed by atoms with E-state index in [9.17, 15) is 19.1 Å². The van der Waals surface area contributed by atoms with E-state index in [1.54, 1.807) is 24.3 Å². The molecule has 0 fully saturated rings. The molecule has 3 rings (SSSR count). The Balaban J connectivity index is 1.88. The number of ether oxygens (including phenoxy) is 1. The molecule has 0 aliphatic heterocycles. The minimum atomic E-state index is -1.14. The van der Waals surface area contributed by atoms with E-state index in [4.69, 9.17) is 4.74 Å². The van der Waals surface area contributed by atoms with Crippen LogP contribution < -0.4 is 10.1 Å². The number of thiophene rings is 1. The van der Waals surface area contributed by atoms with Gasteiger partial charge in [-0.2, -0.15) is 0 Å². The van der Waals surface area contributed by atoms with E-state index in [2.05, 4.69) is 5.32 Å². The van der Waals surface area contributed by atoms with Crippen LogP contribution in [0.15, 0.2) is 54.6 Å². The molecule has 5 nitrogen and oxygen atoms in total. The van der Waals surface area contributed by atoms with Crippen LogP contribution in [0.3, 0.4) is 0 Å². The van der Waals surface area contributed by atoms with Gasteiger partial charge in [0.15, 0.2) is 0 Å². The van der Waals surface area contributed by atoms with Gasteiger partial charge in [0.05, 0.1) is 5.69 Å². The molecular weight excluding hydrogens is 357 g/mol. The SMILES string of the molecule is Cc1ccc(C(=O)Nc2cc(C(=O)O)sc2Oc2cccc(F)c2)cc1. The second-order valence-corrected chi connectivity index (χ2v) is 6.51. The maximum atomic E-state index is 13.3. The van der Waals surface area contributed by atoms with E-state index in [-0.39, 0.29) is 21.4 Å². The maximum Gasteiger partial charge on any atom is 0.346 e. The molecule has 0 aliphatic carbocycles. The summed E-state index contributed by atoms with van der Waals surface area (Å²) in [5.41, 5.74) is 1.65. The summed E-state index contributed by atoms with van der Waals surface area (Å²) in [6.45, 7) is 1.91.